The Morgan fingerprint density at radius 2 is 2.04 bits per heavy atom. The Kier molecular flexibility index (Phi) is 4.35. The zero-order chi connectivity index (χ0) is 18.4. The van der Waals surface area contributed by atoms with Crippen molar-refractivity contribution in [3.05, 3.63) is 35.7 Å². The van der Waals surface area contributed by atoms with Crippen molar-refractivity contribution < 1.29 is 13.2 Å². The van der Waals surface area contributed by atoms with Crippen LogP contribution in [0.2, 0.25) is 0 Å². The van der Waals surface area contributed by atoms with Gasteiger partial charge in [0.2, 0.25) is 10.0 Å². The predicted molar refractivity (Wildman–Crippen MR) is 96.4 cm³/mol. The average molecular weight is 379 g/mol. The number of nitrogens with one attached hydrogen (secondary N) is 1. The van der Waals surface area contributed by atoms with Crippen LogP contribution in [0.1, 0.15) is 16.1 Å². The van der Waals surface area contributed by atoms with Gasteiger partial charge in [-0.15, -0.1) is 0 Å². The van der Waals surface area contributed by atoms with Crippen LogP contribution >= 0.6 is 11.3 Å². The molecule has 0 radical (unpaired) electrons. The molecule has 0 spiro atoms. The Morgan fingerprint density at radius 1 is 1.32 bits per heavy atom. The second kappa shape index (κ2) is 6.21. The van der Waals surface area contributed by atoms with Gasteiger partial charge >= 0.3 is 0 Å². The molecule has 3 aromatic rings. The number of carbonyl (C=O) groups excluding carboxylic acids is 1. The normalized spacial score (nSPS) is 12.0. The summed E-state index contributed by atoms with van der Waals surface area (Å²) in [7, 11) is 1.19. The molecule has 2 heterocycles. The summed E-state index contributed by atoms with van der Waals surface area (Å²) < 4.78 is 27.8. The molecule has 1 aromatic carbocycles. The average Bonchev–Trinajstić information content (AvgIpc) is 3.08. The van der Waals surface area contributed by atoms with Crippen molar-refractivity contribution in [3.63, 3.8) is 0 Å². The molecule has 10 heteroatoms. The lowest BCUT2D eigenvalue weighted by atomic mass is 10.3. The lowest BCUT2D eigenvalue weighted by molar-refractivity contribution is 0.102. The molecule has 0 bridgehead atoms. The van der Waals surface area contributed by atoms with Crippen LogP contribution < -0.4 is 5.32 Å². The van der Waals surface area contributed by atoms with E-state index in [9.17, 15) is 13.2 Å². The number of hydrogen-bond acceptors (Lipinski definition) is 6. The maximum atomic E-state index is 12.3. The number of hydrogen-bond donors (Lipinski definition) is 1. The lowest BCUT2D eigenvalue weighted by Gasteiger charge is -2.10. The van der Waals surface area contributed by atoms with Crippen molar-refractivity contribution in [3.8, 4) is 0 Å². The number of carbonyl (C=O) groups is 1. The SMILES string of the molecule is Cc1cn(C)nc1C(=O)Nc1nc2ccc(S(=O)(=O)N(C)C)cc2s1. The molecule has 0 fully saturated rings. The van der Waals surface area contributed by atoms with Gasteiger partial charge in [0.25, 0.3) is 5.91 Å². The molecule has 25 heavy (non-hydrogen) atoms. The molecule has 132 valence electrons. The fourth-order valence-corrected chi connectivity index (χ4v) is 4.22. The molecule has 0 aliphatic heterocycles. The van der Waals surface area contributed by atoms with Crippen molar-refractivity contribution in [2.24, 2.45) is 7.05 Å². The van der Waals surface area contributed by atoms with Gasteiger partial charge in [-0.2, -0.15) is 5.10 Å². The van der Waals surface area contributed by atoms with Gasteiger partial charge in [-0.05, 0) is 25.1 Å². The van der Waals surface area contributed by atoms with Gasteiger partial charge in [0.15, 0.2) is 10.8 Å². The summed E-state index contributed by atoms with van der Waals surface area (Å²) in [4.78, 5) is 16.8. The highest BCUT2D eigenvalue weighted by Crippen LogP contribution is 2.29. The van der Waals surface area contributed by atoms with Gasteiger partial charge in [0.1, 0.15) is 0 Å². The monoisotopic (exact) mass is 379 g/mol. The molecular formula is C15H17N5O3S2. The number of anilines is 1. The highest BCUT2D eigenvalue weighted by atomic mass is 32.2. The van der Waals surface area contributed by atoms with Gasteiger partial charge < -0.3 is 0 Å². The molecule has 3 rings (SSSR count). The third-order valence-corrected chi connectivity index (χ3v) is 6.33. The van der Waals surface area contributed by atoms with E-state index in [-0.39, 0.29) is 10.8 Å². The minimum atomic E-state index is -3.52. The Hall–Kier alpha value is -2.30. The fraction of sp³-hybridized carbons (Fsp3) is 0.267. The number of aryl methyl sites for hydroxylation is 2. The van der Waals surface area contributed by atoms with Crippen LogP contribution in [0.3, 0.4) is 0 Å². The number of fused-ring (bicyclic) bond motifs is 1. The summed E-state index contributed by atoms with van der Waals surface area (Å²) in [6.07, 6.45) is 1.76. The minimum Gasteiger partial charge on any atom is -0.296 e. The van der Waals surface area contributed by atoms with E-state index in [4.69, 9.17) is 0 Å². The third-order valence-electron chi connectivity index (χ3n) is 3.59. The Morgan fingerprint density at radius 3 is 2.64 bits per heavy atom. The van der Waals surface area contributed by atoms with E-state index in [1.807, 2.05) is 0 Å². The van der Waals surface area contributed by atoms with Gasteiger partial charge in [0.05, 0.1) is 15.1 Å². The van der Waals surface area contributed by atoms with Crippen molar-refractivity contribution in [1.29, 1.82) is 0 Å². The Labute approximate surface area is 149 Å². The Balaban J connectivity index is 1.91. The first-order chi connectivity index (χ1) is 11.7. The quantitative estimate of drug-likeness (QED) is 0.746. The topological polar surface area (TPSA) is 97.2 Å². The van der Waals surface area contributed by atoms with Gasteiger partial charge in [-0.1, -0.05) is 11.3 Å². The maximum absolute atomic E-state index is 12.3. The number of aromatic nitrogens is 3. The maximum Gasteiger partial charge on any atom is 0.278 e. The number of sulfonamides is 1. The van der Waals surface area contributed by atoms with Crippen molar-refractivity contribution in [2.45, 2.75) is 11.8 Å². The van der Waals surface area contributed by atoms with E-state index in [0.29, 0.717) is 21.0 Å². The molecule has 0 aliphatic rings. The molecule has 1 amide bonds. The van der Waals surface area contributed by atoms with Crippen molar-refractivity contribution >= 4 is 42.6 Å². The highest BCUT2D eigenvalue weighted by Gasteiger charge is 2.19. The first kappa shape index (κ1) is 17.5. The molecule has 0 unspecified atom stereocenters. The standard InChI is InChI=1S/C15H17N5O3S2/c1-9-8-20(4)18-13(9)14(21)17-15-16-11-6-5-10(7-12(11)24-15)25(22,23)19(2)3/h5-8H,1-4H3,(H,16,17,21). The molecule has 2 aromatic heterocycles. The second-order valence-electron chi connectivity index (χ2n) is 5.72. The fourth-order valence-electron chi connectivity index (χ4n) is 2.32. The van der Waals surface area contributed by atoms with E-state index in [0.717, 1.165) is 9.87 Å². The van der Waals surface area contributed by atoms with Crippen molar-refractivity contribution in [1.82, 2.24) is 19.1 Å². The molecule has 0 saturated carbocycles. The Bertz CT molecular complexity index is 1070. The van der Waals surface area contributed by atoms with E-state index in [1.165, 1.54) is 31.5 Å². The van der Waals surface area contributed by atoms with E-state index in [1.54, 1.807) is 37.0 Å². The molecule has 0 saturated heterocycles. The van der Waals surface area contributed by atoms with Gasteiger partial charge in [-0.25, -0.2) is 17.7 Å². The molecular weight excluding hydrogens is 362 g/mol. The van der Waals surface area contributed by atoms with Crippen LogP contribution in [0.15, 0.2) is 29.3 Å². The number of nitrogens with zero attached hydrogens (tertiary/aromatic N) is 4. The number of benzene rings is 1. The number of thiazole rings is 1. The lowest BCUT2D eigenvalue weighted by Crippen LogP contribution is -2.22. The summed E-state index contributed by atoms with van der Waals surface area (Å²) in [5.74, 6) is -0.349. The summed E-state index contributed by atoms with van der Waals surface area (Å²) in [6, 6.07) is 4.69. The summed E-state index contributed by atoms with van der Waals surface area (Å²) in [6.45, 7) is 1.80. The van der Waals surface area contributed by atoms with Gasteiger partial charge in [-0.3, -0.25) is 14.8 Å². The predicted octanol–water partition coefficient (Wildman–Crippen LogP) is 1.84. The zero-order valence-electron chi connectivity index (χ0n) is 14.1. The zero-order valence-corrected chi connectivity index (χ0v) is 15.8. The first-order valence-electron chi connectivity index (χ1n) is 7.33. The van der Waals surface area contributed by atoms with Gasteiger partial charge in [0, 0.05) is 32.9 Å². The molecule has 0 atom stereocenters. The first-order valence-corrected chi connectivity index (χ1v) is 9.59. The van der Waals surface area contributed by atoms with Crippen LogP contribution in [-0.2, 0) is 17.1 Å². The van der Waals surface area contributed by atoms with Crippen molar-refractivity contribution in [2.75, 3.05) is 19.4 Å². The van der Waals surface area contributed by atoms with E-state index < -0.39 is 10.0 Å². The summed E-state index contributed by atoms with van der Waals surface area (Å²) in [5.41, 5.74) is 1.72. The third kappa shape index (κ3) is 3.28. The molecule has 0 aliphatic carbocycles. The van der Waals surface area contributed by atoms with E-state index >= 15 is 0 Å². The molecule has 1 N–H and O–H groups in total. The largest absolute Gasteiger partial charge is 0.296 e. The van der Waals surface area contributed by atoms with Crippen LogP contribution in [0.5, 0.6) is 0 Å². The van der Waals surface area contributed by atoms with Crippen LogP contribution in [-0.4, -0.2) is 47.5 Å². The summed E-state index contributed by atoms with van der Waals surface area (Å²) >= 11 is 1.21. The highest BCUT2D eigenvalue weighted by molar-refractivity contribution is 7.89. The minimum absolute atomic E-state index is 0.187. The van der Waals surface area contributed by atoms with Crippen LogP contribution in [0, 0.1) is 6.92 Å². The number of rotatable bonds is 4. The van der Waals surface area contributed by atoms with E-state index in [2.05, 4.69) is 15.4 Å². The van der Waals surface area contributed by atoms with Crippen LogP contribution in [0.4, 0.5) is 5.13 Å². The van der Waals surface area contributed by atoms with Crippen LogP contribution in [0.25, 0.3) is 10.2 Å². The second-order valence-corrected chi connectivity index (χ2v) is 8.91. The molecule has 8 nitrogen and oxygen atoms in total. The number of amides is 1. The smallest absolute Gasteiger partial charge is 0.278 e. The summed E-state index contributed by atoms with van der Waals surface area (Å²) in [5, 5.41) is 7.23.